The number of ether oxygens (including phenoxy) is 3. The molecule has 1 aromatic heterocycles. The van der Waals surface area contributed by atoms with E-state index >= 15 is 0 Å². The van der Waals surface area contributed by atoms with Gasteiger partial charge in [-0.05, 0) is 50.8 Å². The molecule has 1 saturated carbocycles. The molecule has 0 N–H and O–H groups in total. The fourth-order valence-corrected chi connectivity index (χ4v) is 4.66. The van der Waals surface area contributed by atoms with Gasteiger partial charge in [-0.3, -0.25) is 9.78 Å². The Hall–Kier alpha value is -2.14. The number of carbonyl (C=O) groups is 1. The number of fused-ring (bicyclic) bond motifs is 3. The third-order valence-electron chi connectivity index (χ3n) is 6.12. The normalized spacial score (nSPS) is 23.8. The zero-order chi connectivity index (χ0) is 21.3. The number of pyridine rings is 1. The summed E-state index contributed by atoms with van der Waals surface area (Å²) < 4.78 is 19.2. The van der Waals surface area contributed by atoms with Crippen molar-refractivity contribution in [3.05, 3.63) is 36.0 Å². The largest absolute Gasteiger partial charge is 0.484 e. The Morgan fingerprint density at radius 3 is 2.70 bits per heavy atom. The number of benzene rings is 1. The second-order valence-electron chi connectivity index (χ2n) is 9.58. The highest BCUT2D eigenvalue weighted by molar-refractivity contribution is 5.85. The molecule has 0 bridgehead atoms. The van der Waals surface area contributed by atoms with Gasteiger partial charge >= 0.3 is 5.97 Å². The fraction of sp³-hybridized carbons (Fsp3) is 0.600. The van der Waals surface area contributed by atoms with E-state index in [1.807, 2.05) is 52.0 Å². The third-order valence-corrected chi connectivity index (χ3v) is 6.12. The molecule has 2 atom stereocenters. The van der Waals surface area contributed by atoms with Gasteiger partial charge in [0, 0.05) is 18.0 Å². The van der Waals surface area contributed by atoms with Crippen molar-refractivity contribution in [2.45, 2.75) is 90.1 Å². The highest BCUT2D eigenvalue weighted by Crippen LogP contribution is 2.47. The first-order chi connectivity index (χ1) is 14.3. The SMILES string of the molecule is CC(C)CC(=O)OC1c2c(ccc3cccnc23)OC(C)(C)C1OC1CCCCC1. The van der Waals surface area contributed by atoms with E-state index in [0.29, 0.717) is 6.42 Å². The van der Waals surface area contributed by atoms with Crippen LogP contribution in [0, 0.1) is 5.92 Å². The summed E-state index contributed by atoms with van der Waals surface area (Å²) in [4.78, 5) is 17.4. The monoisotopic (exact) mass is 411 g/mol. The minimum absolute atomic E-state index is 0.169. The Labute approximate surface area is 179 Å². The van der Waals surface area contributed by atoms with E-state index in [4.69, 9.17) is 14.2 Å². The molecule has 5 nitrogen and oxygen atoms in total. The van der Waals surface area contributed by atoms with Crippen molar-refractivity contribution < 1.29 is 19.0 Å². The minimum atomic E-state index is -0.629. The van der Waals surface area contributed by atoms with Gasteiger partial charge < -0.3 is 14.2 Å². The van der Waals surface area contributed by atoms with E-state index in [0.717, 1.165) is 35.1 Å². The van der Waals surface area contributed by atoms with Gasteiger partial charge in [0.1, 0.15) is 17.5 Å². The molecule has 0 amide bonds. The number of hydrogen-bond acceptors (Lipinski definition) is 5. The number of carbonyl (C=O) groups excluding carboxylic acids is 1. The van der Waals surface area contributed by atoms with Crippen LogP contribution in [0.25, 0.3) is 10.9 Å². The predicted molar refractivity (Wildman–Crippen MR) is 116 cm³/mol. The van der Waals surface area contributed by atoms with Crippen LogP contribution in [-0.2, 0) is 14.3 Å². The van der Waals surface area contributed by atoms with Gasteiger partial charge in [0.2, 0.25) is 0 Å². The van der Waals surface area contributed by atoms with Crippen molar-refractivity contribution in [2.24, 2.45) is 5.92 Å². The van der Waals surface area contributed by atoms with Crippen LogP contribution in [-0.4, -0.2) is 28.8 Å². The topological polar surface area (TPSA) is 57.7 Å². The van der Waals surface area contributed by atoms with Gasteiger partial charge in [0.15, 0.2) is 6.10 Å². The Kier molecular flexibility index (Phi) is 6.01. The quantitative estimate of drug-likeness (QED) is 0.586. The molecule has 0 spiro atoms. The lowest BCUT2D eigenvalue weighted by Crippen LogP contribution is -2.52. The third kappa shape index (κ3) is 4.31. The molecule has 4 rings (SSSR count). The van der Waals surface area contributed by atoms with Gasteiger partial charge in [-0.1, -0.05) is 39.2 Å². The van der Waals surface area contributed by atoms with Crippen LogP contribution in [0.15, 0.2) is 30.5 Å². The first-order valence-electron chi connectivity index (χ1n) is 11.3. The molecule has 2 heterocycles. The lowest BCUT2D eigenvalue weighted by molar-refractivity contribution is -0.194. The first kappa shape index (κ1) is 21.1. The number of nitrogens with zero attached hydrogens (tertiary/aromatic N) is 1. The first-order valence-corrected chi connectivity index (χ1v) is 11.3. The van der Waals surface area contributed by atoms with Gasteiger partial charge in [0.05, 0.1) is 17.2 Å². The highest BCUT2D eigenvalue weighted by Gasteiger charge is 2.49. The van der Waals surface area contributed by atoms with Crippen molar-refractivity contribution in [2.75, 3.05) is 0 Å². The Morgan fingerprint density at radius 1 is 1.20 bits per heavy atom. The molecule has 2 unspecified atom stereocenters. The molecule has 1 fully saturated rings. The van der Waals surface area contributed by atoms with Gasteiger partial charge in [0.25, 0.3) is 0 Å². The Morgan fingerprint density at radius 2 is 1.97 bits per heavy atom. The molecule has 5 heteroatoms. The number of hydrogen-bond donors (Lipinski definition) is 0. The Bertz CT molecular complexity index is 901. The number of rotatable bonds is 5. The van der Waals surface area contributed by atoms with Gasteiger partial charge in [-0.25, -0.2) is 0 Å². The maximum Gasteiger partial charge on any atom is 0.306 e. The summed E-state index contributed by atoms with van der Waals surface area (Å²) in [6.07, 6.45) is 7.08. The smallest absolute Gasteiger partial charge is 0.306 e. The van der Waals surface area contributed by atoms with Crippen LogP contribution in [0.2, 0.25) is 0 Å². The summed E-state index contributed by atoms with van der Waals surface area (Å²) in [7, 11) is 0. The molecule has 1 aliphatic carbocycles. The van der Waals surface area contributed by atoms with E-state index < -0.39 is 17.8 Å². The molecule has 162 valence electrons. The molecule has 1 aromatic carbocycles. The van der Waals surface area contributed by atoms with E-state index in [1.165, 1.54) is 19.3 Å². The van der Waals surface area contributed by atoms with Crippen molar-refractivity contribution in [1.29, 1.82) is 0 Å². The summed E-state index contributed by atoms with van der Waals surface area (Å²) in [6.45, 7) is 8.09. The molecule has 0 saturated heterocycles. The zero-order valence-corrected chi connectivity index (χ0v) is 18.5. The number of aromatic nitrogens is 1. The summed E-state index contributed by atoms with van der Waals surface area (Å²) >= 11 is 0. The lowest BCUT2D eigenvalue weighted by Gasteiger charge is -2.45. The van der Waals surface area contributed by atoms with Crippen molar-refractivity contribution >= 4 is 16.9 Å². The van der Waals surface area contributed by atoms with Gasteiger partial charge in [-0.15, -0.1) is 0 Å². The van der Waals surface area contributed by atoms with E-state index in [2.05, 4.69) is 4.98 Å². The van der Waals surface area contributed by atoms with Crippen LogP contribution >= 0.6 is 0 Å². The second kappa shape index (κ2) is 8.54. The van der Waals surface area contributed by atoms with E-state index in [-0.39, 0.29) is 18.0 Å². The highest BCUT2D eigenvalue weighted by atomic mass is 16.6. The molecular formula is C25H33NO4. The van der Waals surface area contributed by atoms with Crippen molar-refractivity contribution in [3.8, 4) is 5.75 Å². The summed E-state index contributed by atoms with van der Waals surface area (Å²) in [6, 6.07) is 7.90. The second-order valence-corrected chi connectivity index (χ2v) is 9.58. The van der Waals surface area contributed by atoms with E-state index in [1.54, 1.807) is 6.20 Å². The van der Waals surface area contributed by atoms with E-state index in [9.17, 15) is 4.79 Å². The predicted octanol–water partition coefficient (Wildman–Crippen LogP) is 5.75. The van der Waals surface area contributed by atoms with Gasteiger partial charge in [-0.2, -0.15) is 0 Å². The van der Waals surface area contributed by atoms with Crippen LogP contribution in [0.4, 0.5) is 0 Å². The van der Waals surface area contributed by atoms with Crippen LogP contribution in [0.5, 0.6) is 5.75 Å². The van der Waals surface area contributed by atoms with Crippen LogP contribution in [0.3, 0.4) is 0 Å². The lowest BCUT2D eigenvalue weighted by atomic mass is 9.86. The molecule has 1 aliphatic heterocycles. The zero-order valence-electron chi connectivity index (χ0n) is 18.5. The maximum atomic E-state index is 12.8. The van der Waals surface area contributed by atoms with Crippen LogP contribution < -0.4 is 4.74 Å². The fourth-order valence-electron chi connectivity index (χ4n) is 4.66. The van der Waals surface area contributed by atoms with Crippen molar-refractivity contribution in [3.63, 3.8) is 0 Å². The van der Waals surface area contributed by atoms with Crippen molar-refractivity contribution in [1.82, 2.24) is 4.98 Å². The summed E-state index contributed by atoms with van der Waals surface area (Å²) in [5, 5.41) is 1.00. The average Bonchev–Trinajstić information content (AvgIpc) is 2.70. The Balaban J connectivity index is 1.77. The molecular weight excluding hydrogens is 378 g/mol. The average molecular weight is 412 g/mol. The summed E-state index contributed by atoms with van der Waals surface area (Å²) in [5.41, 5.74) is 1.01. The standard InChI is InChI=1S/C25H33NO4/c1-16(2)15-20(27)29-23-21-19(13-12-17-9-8-14-26-22(17)21)30-25(3,4)24(23)28-18-10-6-5-7-11-18/h8-9,12-14,16,18,23-24H,5-7,10-11,15H2,1-4H3. The molecule has 2 aliphatic rings. The molecule has 30 heavy (non-hydrogen) atoms. The minimum Gasteiger partial charge on any atom is -0.484 e. The molecule has 0 radical (unpaired) electrons. The number of esters is 1. The van der Waals surface area contributed by atoms with Crippen LogP contribution in [0.1, 0.15) is 77.9 Å². The summed E-state index contributed by atoms with van der Waals surface area (Å²) in [5.74, 6) is 0.744. The maximum absolute atomic E-state index is 12.8. The molecule has 2 aromatic rings.